The number of aromatic nitrogens is 2. The lowest BCUT2D eigenvalue weighted by Crippen LogP contribution is -2.23. The van der Waals surface area contributed by atoms with E-state index in [4.69, 9.17) is 4.42 Å². The highest BCUT2D eigenvalue weighted by atomic mass is 16.4. The third kappa shape index (κ3) is 5.71. The van der Waals surface area contributed by atoms with Crippen LogP contribution in [0.1, 0.15) is 33.9 Å². The first kappa shape index (κ1) is 22.0. The zero-order chi connectivity index (χ0) is 23.0. The molecule has 0 atom stereocenters. The summed E-state index contributed by atoms with van der Waals surface area (Å²) in [6.45, 7) is 2.06. The largest absolute Gasteiger partial charge is 0.441 e. The van der Waals surface area contributed by atoms with Gasteiger partial charge in [0.1, 0.15) is 11.5 Å². The Bertz CT molecular complexity index is 1240. The molecule has 2 heterocycles. The predicted octanol–water partition coefficient (Wildman–Crippen LogP) is 4.55. The fraction of sp³-hybridized carbons (Fsp3) is 0.154. The van der Waals surface area contributed by atoms with Crippen LogP contribution in [0.4, 0.5) is 5.69 Å². The van der Waals surface area contributed by atoms with E-state index in [0.29, 0.717) is 47.0 Å². The molecular weight excluding hydrogens is 416 g/mol. The number of nitrogens with one attached hydrogen (secondary N) is 2. The van der Waals surface area contributed by atoms with E-state index in [0.717, 1.165) is 5.69 Å². The molecule has 0 fully saturated rings. The van der Waals surface area contributed by atoms with Crippen LogP contribution in [0.3, 0.4) is 0 Å². The summed E-state index contributed by atoms with van der Waals surface area (Å²) in [7, 11) is 0. The number of benzene rings is 2. The monoisotopic (exact) mass is 440 g/mol. The van der Waals surface area contributed by atoms with Gasteiger partial charge in [0.05, 0.1) is 17.8 Å². The van der Waals surface area contributed by atoms with Crippen molar-refractivity contribution >= 4 is 17.5 Å². The van der Waals surface area contributed by atoms with Crippen molar-refractivity contribution in [1.82, 2.24) is 15.3 Å². The molecule has 0 aliphatic rings. The highest BCUT2D eigenvalue weighted by Gasteiger charge is 2.17. The van der Waals surface area contributed by atoms with E-state index < -0.39 is 0 Å². The summed E-state index contributed by atoms with van der Waals surface area (Å²) in [6, 6.07) is 22.0. The summed E-state index contributed by atoms with van der Waals surface area (Å²) in [5.41, 5.74) is 3.34. The molecule has 0 saturated carbocycles. The van der Waals surface area contributed by atoms with E-state index >= 15 is 0 Å². The van der Waals surface area contributed by atoms with Crippen LogP contribution < -0.4 is 10.6 Å². The number of pyridine rings is 1. The average molecular weight is 441 g/mol. The summed E-state index contributed by atoms with van der Waals surface area (Å²) < 4.78 is 5.87. The van der Waals surface area contributed by atoms with Gasteiger partial charge in [0.15, 0.2) is 0 Å². The minimum Gasteiger partial charge on any atom is -0.441 e. The molecular formula is C26H24N4O3. The topological polar surface area (TPSA) is 97.1 Å². The van der Waals surface area contributed by atoms with Gasteiger partial charge in [-0.3, -0.25) is 14.6 Å². The smallest absolute Gasteiger partial charge is 0.255 e. The number of hydrogen-bond acceptors (Lipinski definition) is 5. The van der Waals surface area contributed by atoms with E-state index in [1.54, 1.807) is 31.3 Å². The summed E-state index contributed by atoms with van der Waals surface area (Å²) in [5.74, 6) is 0.695. The van der Waals surface area contributed by atoms with Crippen LogP contribution in [0.15, 0.2) is 83.4 Å². The lowest BCUT2D eigenvalue weighted by Gasteiger charge is -2.08. The molecule has 0 radical (unpaired) electrons. The molecule has 2 aromatic heterocycles. The van der Waals surface area contributed by atoms with E-state index in [9.17, 15) is 9.59 Å². The Morgan fingerprint density at radius 1 is 0.939 bits per heavy atom. The van der Waals surface area contributed by atoms with Crippen molar-refractivity contribution in [2.75, 3.05) is 5.32 Å². The summed E-state index contributed by atoms with van der Waals surface area (Å²) >= 11 is 0. The molecule has 0 saturated heterocycles. The van der Waals surface area contributed by atoms with Crippen LogP contribution in [0.25, 0.3) is 11.5 Å². The number of hydrogen-bond donors (Lipinski definition) is 2. The van der Waals surface area contributed by atoms with Gasteiger partial charge in [-0.25, -0.2) is 4.98 Å². The van der Waals surface area contributed by atoms with Crippen molar-refractivity contribution in [3.8, 4) is 11.5 Å². The Hall–Kier alpha value is -4.26. The third-order valence-electron chi connectivity index (χ3n) is 5.12. The first-order valence-corrected chi connectivity index (χ1v) is 10.7. The molecule has 4 aromatic rings. The van der Waals surface area contributed by atoms with E-state index in [1.165, 1.54) is 0 Å². The van der Waals surface area contributed by atoms with Crippen LogP contribution in [0.5, 0.6) is 0 Å². The molecule has 33 heavy (non-hydrogen) atoms. The maximum atomic E-state index is 12.6. The van der Waals surface area contributed by atoms with Crippen molar-refractivity contribution in [1.29, 1.82) is 0 Å². The van der Waals surface area contributed by atoms with Gasteiger partial charge in [-0.15, -0.1) is 0 Å². The minimum atomic E-state index is -0.216. The van der Waals surface area contributed by atoms with Gasteiger partial charge in [-0.1, -0.05) is 36.4 Å². The maximum absolute atomic E-state index is 12.6. The Balaban J connectivity index is 1.42. The molecule has 2 amide bonds. The Labute approximate surface area is 191 Å². The van der Waals surface area contributed by atoms with Crippen LogP contribution in [0, 0.1) is 6.92 Å². The summed E-state index contributed by atoms with van der Waals surface area (Å²) in [5, 5.41) is 5.81. The van der Waals surface area contributed by atoms with Crippen LogP contribution in [0.2, 0.25) is 0 Å². The van der Waals surface area contributed by atoms with Gasteiger partial charge in [0, 0.05) is 23.9 Å². The van der Waals surface area contributed by atoms with Crippen molar-refractivity contribution in [2.24, 2.45) is 0 Å². The maximum Gasteiger partial charge on any atom is 0.255 e. The standard InChI is InChI=1S/C26H24N4O3/c1-18-23(17-28-24(31)15-14-20-11-7-8-16-27-20)30-26(33-18)21-12-5-6-13-22(21)29-25(32)19-9-3-2-4-10-19/h2-13,16H,14-15,17H2,1H3,(H,28,31)(H,29,32). The second-order valence-corrected chi connectivity index (χ2v) is 7.49. The molecule has 2 aromatic carbocycles. The van der Waals surface area contributed by atoms with Gasteiger partial charge in [-0.2, -0.15) is 0 Å². The van der Waals surface area contributed by atoms with Gasteiger partial charge in [0.2, 0.25) is 11.8 Å². The zero-order valence-electron chi connectivity index (χ0n) is 18.2. The third-order valence-corrected chi connectivity index (χ3v) is 5.12. The molecule has 7 nitrogen and oxygen atoms in total. The molecule has 166 valence electrons. The molecule has 2 N–H and O–H groups in total. The average Bonchev–Trinajstić information content (AvgIpc) is 3.23. The van der Waals surface area contributed by atoms with Gasteiger partial charge in [0.25, 0.3) is 5.91 Å². The van der Waals surface area contributed by atoms with E-state index in [-0.39, 0.29) is 18.4 Å². The summed E-state index contributed by atoms with van der Waals surface area (Å²) in [6.07, 6.45) is 2.63. The van der Waals surface area contributed by atoms with Crippen LogP contribution in [-0.4, -0.2) is 21.8 Å². The fourth-order valence-electron chi connectivity index (χ4n) is 3.33. The summed E-state index contributed by atoms with van der Waals surface area (Å²) in [4.78, 5) is 33.6. The first-order chi connectivity index (χ1) is 16.1. The van der Waals surface area contributed by atoms with Gasteiger partial charge >= 0.3 is 0 Å². The molecule has 0 unspecified atom stereocenters. The number of carbonyl (C=O) groups excluding carboxylic acids is 2. The van der Waals surface area contributed by atoms with E-state index in [2.05, 4.69) is 20.6 Å². The van der Waals surface area contributed by atoms with Crippen LogP contribution in [-0.2, 0) is 17.8 Å². The molecule has 0 spiro atoms. The molecule has 0 aliphatic carbocycles. The molecule has 0 aliphatic heterocycles. The number of aryl methyl sites for hydroxylation is 2. The second-order valence-electron chi connectivity index (χ2n) is 7.49. The normalized spacial score (nSPS) is 10.6. The molecule has 0 bridgehead atoms. The number of para-hydroxylation sites is 1. The SMILES string of the molecule is Cc1oc(-c2ccccc2NC(=O)c2ccccc2)nc1CNC(=O)CCc1ccccn1. The van der Waals surface area contributed by atoms with Crippen molar-refractivity contribution in [3.63, 3.8) is 0 Å². The van der Waals surface area contributed by atoms with E-state index in [1.807, 2.05) is 54.6 Å². The lowest BCUT2D eigenvalue weighted by molar-refractivity contribution is -0.121. The van der Waals surface area contributed by atoms with Crippen molar-refractivity contribution in [2.45, 2.75) is 26.3 Å². The number of anilines is 1. The van der Waals surface area contributed by atoms with Crippen molar-refractivity contribution < 1.29 is 14.0 Å². The Kier molecular flexibility index (Phi) is 6.90. The minimum absolute atomic E-state index is 0.0832. The number of nitrogens with zero attached hydrogens (tertiary/aromatic N) is 2. The fourth-order valence-corrected chi connectivity index (χ4v) is 3.33. The highest BCUT2D eigenvalue weighted by molar-refractivity contribution is 6.05. The lowest BCUT2D eigenvalue weighted by atomic mass is 10.1. The second kappa shape index (κ2) is 10.4. The number of oxazole rings is 1. The van der Waals surface area contributed by atoms with Crippen molar-refractivity contribution in [3.05, 3.63) is 102 Å². The predicted molar refractivity (Wildman–Crippen MR) is 125 cm³/mol. The Morgan fingerprint density at radius 3 is 2.48 bits per heavy atom. The quantitative estimate of drug-likeness (QED) is 0.419. The van der Waals surface area contributed by atoms with Gasteiger partial charge in [-0.05, 0) is 49.7 Å². The Morgan fingerprint density at radius 2 is 1.70 bits per heavy atom. The molecule has 7 heteroatoms. The number of rotatable bonds is 8. The number of amides is 2. The first-order valence-electron chi connectivity index (χ1n) is 10.7. The highest BCUT2D eigenvalue weighted by Crippen LogP contribution is 2.29. The molecule has 4 rings (SSSR count). The zero-order valence-corrected chi connectivity index (χ0v) is 18.2. The van der Waals surface area contributed by atoms with Crippen LogP contribution >= 0.6 is 0 Å². The number of carbonyl (C=O) groups is 2. The van der Waals surface area contributed by atoms with Gasteiger partial charge < -0.3 is 15.1 Å².